The number of piperazine rings is 1. The van der Waals surface area contributed by atoms with Gasteiger partial charge in [0.2, 0.25) is 0 Å². The summed E-state index contributed by atoms with van der Waals surface area (Å²) in [4.78, 5) is 4.21. The molecule has 126 valence electrons. The Morgan fingerprint density at radius 1 is 1.00 bits per heavy atom. The van der Waals surface area contributed by atoms with Gasteiger partial charge in [-0.25, -0.2) is 8.78 Å². The van der Waals surface area contributed by atoms with E-state index in [4.69, 9.17) is 23.8 Å². The van der Waals surface area contributed by atoms with Crippen LogP contribution in [0.1, 0.15) is 0 Å². The van der Waals surface area contributed by atoms with E-state index in [0.717, 1.165) is 37.9 Å². The first kappa shape index (κ1) is 16.9. The van der Waals surface area contributed by atoms with Crippen LogP contribution in [0, 0.1) is 11.6 Å². The van der Waals surface area contributed by atoms with Crippen LogP contribution in [0.5, 0.6) is 0 Å². The zero-order chi connectivity index (χ0) is 17.1. The molecular formula is C17H16ClF2N3S. The summed E-state index contributed by atoms with van der Waals surface area (Å²) in [5, 5.41) is 4.07. The zero-order valence-corrected chi connectivity index (χ0v) is 14.4. The highest BCUT2D eigenvalue weighted by Crippen LogP contribution is 2.21. The van der Waals surface area contributed by atoms with Gasteiger partial charge < -0.3 is 15.1 Å². The van der Waals surface area contributed by atoms with Crippen molar-refractivity contribution in [1.82, 2.24) is 4.90 Å². The van der Waals surface area contributed by atoms with Gasteiger partial charge in [0.1, 0.15) is 11.6 Å². The van der Waals surface area contributed by atoms with Gasteiger partial charge in [-0.05, 0) is 42.5 Å². The number of nitrogens with zero attached hydrogens (tertiary/aromatic N) is 2. The molecule has 0 aromatic heterocycles. The fourth-order valence-corrected chi connectivity index (χ4v) is 3.15. The number of halogens is 3. The van der Waals surface area contributed by atoms with E-state index in [-0.39, 0.29) is 0 Å². The van der Waals surface area contributed by atoms with E-state index in [1.807, 2.05) is 29.2 Å². The highest BCUT2D eigenvalue weighted by atomic mass is 35.5. The van der Waals surface area contributed by atoms with Gasteiger partial charge in [-0.1, -0.05) is 17.7 Å². The maximum atomic E-state index is 13.2. The molecule has 0 amide bonds. The fraction of sp³-hybridized carbons (Fsp3) is 0.235. The number of hydrogen-bond donors (Lipinski definition) is 1. The lowest BCUT2D eigenvalue weighted by Gasteiger charge is -2.37. The lowest BCUT2D eigenvalue weighted by atomic mass is 10.2. The van der Waals surface area contributed by atoms with Crippen LogP contribution in [0.4, 0.5) is 20.2 Å². The van der Waals surface area contributed by atoms with Crippen molar-refractivity contribution in [2.24, 2.45) is 0 Å². The van der Waals surface area contributed by atoms with E-state index in [0.29, 0.717) is 15.8 Å². The standard InChI is InChI=1S/C17H16ClF2N3S/c18-12-2-1-3-16(8-12)22-4-6-23(7-5-22)17(24)21-15-10-13(19)9-14(20)11-15/h1-3,8-11H,4-7H2,(H,21,24). The van der Waals surface area contributed by atoms with Gasteiger partial charge >= 0.3 is 0 Å². The molecule has 0 radical (unpaired) electrons. The van der Waals surface area contributed by atoms with Crippen LogP contribution in [-0.2, 0) is 0 Å². The van der Waals surface area contributed by atoms with Crippen LogP contribution in [-0.4, -0.2) is 36.2 Å². The number of hydrogen-bond acceptors (Lipinski definition) is 2. The Kier molecular flexibility index (Phi) is 5.16. The topological polar surface area (TPSA) is 18.5 Å². The summed E-state index contributed by atoms with van der Waals surface area (Å²) in [6.07, 6.45) is 0. The van der Waals surface area contributed by atoms with E-state index in [2.05, 4.69) is 10.2 Å². The maximum Gasteiger partial charge on any atom is 0.173 e. The number of benzene rings is 2. The molecule has 3 rings (SSSR count). The smallest absolute Gasteiger partial charge is 0.173 e. The molecule has 7 heteroatoms. The molecule has 0 saturated carbocycles. The van der Waals surface area contributed by atoms with Crippen LogP contribution in [0.15, 0.2) is 42.5 Å². The third kappa shape index (κ3) is 4.13. The molecule has 24 heavy (non-hydrogen) atoms. The Balaban J connectivity index is 1.59. The van der Waals surface area contributed by atoms with E-state index in [1.54, 1.807) is 0 Å². The molecule has 1 fully saturated rings. The molecule has 0 unspecified atom stereocenters. The molecule has 2 aromatic rings. The Morgan fingerprint density at radius 3 is 2.29 bits per heavy atom. The number of rotatable bonds is 2. The van der Waals surface area contributed by atoms with Crippen LogP contribution in [0.3, 0.4) is 0 Å². The van der Waals surface area contributed by atoms with Crippen molar-refractivity contribution in [3.63, 3.8) is 0 Å². The van der Waals surface area contributed by atoms with Crippen molar-refractivity contribution >= 4 is 40.3 Å². The van der Waals surface area contributed by atoms with Gasteiger partial charge in [-0.3, -0.25) is 0 Å². The van der Waals surface area contributed by atoms with Gasteiger partial charge in [0.05, 0.1) is 0 Å². The van der Waals surface area contributed by atoms with E-state index >= 15 is 0 Å². The second-order valence-corrected chi connectivity index (χ2v) is 6.37. The SMILES string of the molecule is Fc1cc(F)cc(NC(=S)N2CCN(c3cccc(Cl)c3)CC2)c1. The summed E-state index contributed by atoms with van der Waals surface area (Å²) in [7, 11) is 0. The first-order chi connectivity index (χ1) is 11.5. The molecule has 3 nitrogen and oxygen atoms in total. The lowest BCUT2D eigenvalue weighted by molar-refractivity contribution is 0.391. The summed E-state index contributed by atoms with van der Waals surface area (Å²) in [5.74, 6) is -1.27. The number of nitrogens with one attached hydrogen (secondary N) is 1. The predicted octanol–water partition coefficient (Wildman–Crippen LogP) is 4.14. The quantitative estimate of drug-likeness (QED) is 0.804. The van der Waals surface area contributed by atoms with Gasteiger partial charge in [0.25, 0.3) is 0 Å². The predicted molar refractivity (Wildman–Crippen MR) is 97.8 cm³/mol. The second kappa shape index (κ2) is 7.32. The van der Waals surface area contributed by atoms with Crippen molar-refractivity contribution in [1.29, 1.82) is 0 Å². The van der Waals surface area contributed by atoms with Gasteiger partial charge in [0, 0.05) is 48.6 Å². The van der Waals surface area contributed by atoms with Crippen molar-refractivity contribution in [3.05, 3.63) is 59.1 Å². The molecule has 0 bridgehead atoms. The first-order valence-corrected chi connectivity index (χ1v) is 8.32. The van der Waals surface area contributed by atoms with Crippen LogP contribution in [0.2, 0.25) is 5.02 Å². The second-order valence-electron chi connectivity index (χ2n) is 5.54. The maximum absolute atomic E-state index is 13.2. The molecule has 0 spiro atoms. The highest BCUT2D eigenvalue weighted by molar-refractivity contribution is 7.80. The normalized spacial score (nSPS) is 14.6. The van der Waals surface area contributed by atoms with E-state index in [1.165, 1.54) is 12.1 Å². The lowest BCUT2D eigenvalue weighted by Crippen LogP contribution is -2.50. The molecule has 1 heterocycles. The average molecular weight is 368 g/mol. The third-order valence-electron chi connectivity index (χ3n) is 3.85. The van der Waals surface area contributed by atoms with Crippen molar-refractivity contribution in [2.45, 2.75) is 0 Å². The number of thiocarbonyl (C=S) groups is 1. The van der Waals surface area contributed by atoms with Gasteiger partial charge in [-0.2, -0.15) is 0 Å². The molecule has 1 N–H and O–H groups in total. The van der Waals surface area contributed by atoms with E-state index in [9.17, 15) is 8.78 Å². The van der Waals surface area contributed by atoms with Crippen molar-refractivity contribution in [2.75, 3.05) is 36.4 Å². The first-order valence-electron chi connectivity index (χ1n) is 7.54. The fourth-order valence-electron chi connectivity index (χ4n) is 2.67. The summed E-state index contributed by atoms with van der Waals surface area (Å²) < 4.78 is 26.5. The monoisotopic (exact) mass is 367 g/mol. The van der Waals surface area contributed by atoms with Crippen molar-refractivity contribution in [3.8, 4) is 0 Å². The molecule has 1 aliphatic rings. The van der Waals surface area contributed by atoms with Crippen LogP contribution < -0.4 is 10.2 Å². The van der Waals surface area contributed by atoms with E-state index < -0.39 is 11.6 Å². The molecule has 1 saturated heterocycles. The molecular weight excluding hydrogens is 352 g/mol. The highest BCUT2D eigenvalue weighted by Gasteiger charge is 2.19. The summed E-state index contributed by atoms with van der Waals surface area (Å²) in [6, 6.07) is 11.0. The summed E-state index contributed by atoms with van der Waals surface area (Å²) in [6.45, 7) is 3.02. The summed E-state index contributed by atoms with van der Waals surface area (Å²) >= 11 is 11.4. The molecule has 0 atom stereocenters. The Morgan fingerprint density at radius 2 is 1.67 bits per heavy atom. The van der Waals surface area contributed by atoms with Crippen LogP contribution >= 0.6 is 23.8 Å². The average Bonchev–Trinajstić information content (AvgIpc) is 2.54. The minimum absolute atomic E-state index is 0.315. The van der Waals surface area contributed by atoms with Crippen molar-refractivity contribution < 1.29 is 8.78 Å². The largest absolute Gasteiger partial charge is 0.368 e. The Hall–Kier alpha value is -1.92. The van der Waals surface area contributed by atoms with Gasteiger partial charge in [0.15, 0.2) is 5.11 Å². The summed E-state index contributed by atoms with van der Waals surface area (Å²) in [5.41, 5.74) is 1.39. The minimum atomic E-state index is -0.633. The van der Waals surface area contributed by atoms with Gasteiger partial charge in [-0.15, -0.1) is 0 Å². The molecule has 1 aliphatic heterocycles. The Bertz CT molecular complexity index is 728. The van der Waals surface area contributed by atoms with Crippen LogP contribution in [0.25, 0.3) is 0 Å². The minimum Gasteiger partial charge on any atom is -0.368 e. The molecule has 0 aliphatic carbocycles. The third-order valence-corrected chi connectivity index (χ3v) is 4.45. The zero-order valence-electron chi connectivity index (χ0n) is 12.8. The molecule has 2 aromatic carbocycles. The number of anilines is 2. The Labute approximate surface area is 149 Å².